The molecule has 1 aliphatic carbocycles. The van der Waals surface area contributed by atoms with Crippen LogP contribution in [0.15, 0.2) is 48.6 Å². The van der Waals surface area contributed by atoms with Crippen molar-refractivity contribution in [2.24, 2.45) is 0 Å². The smallest absolute Gasteiger partial charge is 0.335 e. The van der Waals surface area contributed by atoms with E-state index in [1.807, 2.05) is 0 Å². The Morgan fingerprint density at radius 3 is 1.46 bits per heavy atom. The third-order valence-electron chi connectivity index (χ3n) is 6.41. The number of carbonyl (C=O) groups is 3. The fraction of sp³-hybridized carbons (Fsp3) is 0.345. The Hall–Kier alpha value is -4.55. The number of methoxy groups -OCH3 is 4. The van der Waals surface area contributed by atoms with E-state index in [4.69, 9.17) is 28.4 Å². The summed E-state index contributed by atoms with van der Waals surface area (Å²) in [6.45, 7) is 0. The number of aliphatic hydroxyl groups is 2. The molecule has 12 heteroatoms. The first-order valence-electron chi connectivity index (χ1n) is 12.4. The van der Waals surface area contributed by atoms with E-state index >= 15 is 0 Å². The summed E-state index contributed by atoms with van der Waals surface area (Å²) in [5, 5.41) is 31.1. The van der Waals surface area contributed by atoms with Gasteiger partial charge >= 0.3 is 17.9 Å². The van der Waals surface area contributed by atoms with Crippen LogP contribution in [-0.4, -0.2) is 85.6 Å². The number of carboxylic acid groups (broad SMARTS) is 1. The highest BCUT2D eigenvalue weighted by molar-refractivity contribution is 5.88. The van der Waals surface area contributed by atoms with Crippen LogP contribution in [0.3, 0.4) is 0 Å². The van der Waals surface area contributed by atoms with E-state index in [-0.39, 0.29) is 0 Å². The van der Waals surface area contributed by atoms with Crippen molar-refractivity contribution >= 4 is 30.1 Å². The first-order chi connectivity index (χ1) is 19.5. The van der Waals surface area contributed by atoms with Gasteiger partial charge in [0.15, 0.2) is 28.6 Å². The van der Waals surface area contributed by atoms with Crippen LogP contribution in [0.25, 0.3) is 12.2 Å². The molecule has 1 aliphatic rings. The molecule has 0 saturated heterocycles. The molecule has 0 unspecified atom stereocenters. The van der Waals surface area contributed by atoms with Crippen molar-refractivity contribution in [3.63, 3.8) is 0 Å². The quantitative estimate of drug-likeness (QED) is 0.266. The lowest BCUT2D eigenvalue weighted by Crippen LogP contribution is -2.58. The predicted molar refractivity (Wildman–Crippen MR) is 145 cm³/mol. The maximum absolute atomic E-state index is 12.5. The summed E-state index contributed by atoms with van der Waals surface area (Å²) in [5.74, 6) is -1.61. The van der Waals surface area contributed by atoms with Gasteiger partial charge in [-0.1, -0.05) is 12.1 Å². The van der Waals surface area contributed by atoms with Gasteiger partial charge in [-0.2, -0.15) is 0 Å². The summed E-state index contributed by atoms with van der Waals surface area (Å²) < 4.78 is 31.3. The summed E-state index contributed by atoms with van der Waals surface area (Å²) in [7, 11) is 5.89. The molecule has 2 aromatic rings. The molecule has 1 saturated carbocycles. The number of aliphatic carboxylic acids is 1. The molecule has 0 aromatic heterocycles. The van der Waals surface area contributed by atoms with Crippen molar-refractivity contribution in [1.82, 2.24) is 0 Å². The average Bonchev–Trinajstić information content (AvgIpc) is 2.96. The number of esters is 2. The minimum Gasteiger partial charge on any atom is -0.493 e. The van der Waals surface area contributed by atoms with Crippen LogP contribution in [0.2, 0.25) is 0 Å². The summed E-state index contributed by atoms with van der Waals surface area (Å²) in [4.78, 5) is 36.9. The van der Waals surface area contributed by atoms with Crippen LogP contribution in [0.5, 0.6) is 23.0 Å². The second kappa shape index (κ2) is 13.7. The molecule has 220 valence electrons. The third-order valence-corrected chi connectivity index (χ3v) is 6.41. The second-order valence-corrected chi connectivity index (χ2v) is 9.08. The molecule has 0 radical (unpaired) electrons. The largest absolute Gasteiger partial charge is 0.493 e. The average molecular weight is 573 g/mol. The number of hydrogen-bond acceptors (Lipinski definition) is 11. The van der Waals surface area contributed by atoms with Gasteiger partial charge in [0.05, 0.1) is 28.4 Å². The van der Waals surface area contributed by atoms with Crippen molar-refractivity contribution in [1.29, 1.82) is 0 Å². The third kappa shape index (κ3) is 7.77. The Morgan fingerprint density at radius 2 is 1.12 bits per heavy atom. The van der Waals surface area contributed by atoms with E-state index in [1.165, 1.54) is 40.6 Å². The standard InChI is InChI=1S/C29H32O12/c1-36-19-9-5-17(13-21(19)38-3)7-11-25(30)40-23-15-29(35,28(33)34)16-24(27(23)32)41-26(31)12-8-18-6-10-20(37-2)22(14-18)39-4/h5-14,23-24,27,32,35H,15-16H2,1-4H3,(H,33,34)/b11-7+,12-8+/t23-,24-,27?,29?/m1/s1. The van der Waals surface area contributed by atoms with Crippen LogP contribution in [-0.2, 0) is 23.9 Å². The molecule has 0 spiro atoms. The fourth-order valence-corrected chi connectivity index (χ4v) is 4.25. The normalized spacial score (nSPS) is 22.2. The molecule has 2 atom stereocenters. The molecule has 2 aromatic carbocycles. The van der Waals surface area contributed by atoms with Crippen molar-refractivity contribution in [2.75, 3.05) is 28.4 Å². The maximum Gasteiger partial charge on any atom is 0.335 e. The highest BCUT2D eigenvalue weighted by Gasteiger charge is 2.52. The van der Waals surface area contributed by atoms with Gasteiger partial charge in [-0.3, -0.25) is 0 Å². The lowest BCUT2D eigenvalue weighted by atomic mass is 9.79. The van der Waals surface area contributed by atoms with E-state index in [0.29, 0.717) is 34.1 Å². The lowest BCUT2D eigenvalue weighted by molar-refractivity contribution is -0.203. The van der Waals surface area contributed by atoms with Gasteiger partial charge in [-0.25, -0.2) is 14.4 Å². The zero-order valence-corrected chi connectivity index (χ0v) is 22.9. The molecule has 0 amide bonds. The van der Waals surface area contributed by atoms with E-state index < -0.39 is 54.7 Å². The monoisotopic (exact) mass is 572 g/mol. The summed E-state index contributed by atoms with van der Waals surface area (Å²) in [6, 6.07) is 9.84. The Labute approximate surface area is 236 Å². The van der Waals surface area contributed by atoms with Crippen molar-refractivity contribution in [3.05, 3.63) is 59.7 Å². The van der Waals surface area contributed by atoms with E-state index in [9.17, 15) is 29.7 Å². The van der Waals surface area contributed by atoms with Crippen LogP contribution < -0.4 is 18.9 Å². The Bertz CT molecular complexity index is 1230. The number of carbonyl (C=O) groups excluding carboxylic acids is 2. The molecule has 41 heavy (non-hydrogen) atoms. The topological polar surface area (TPSA) is 167 Å². The van der Waals surface area contributed by atoms with E-state index in [1.54, 1.807) is 36.4 Å². The van der Waals surface area contributed by atoms with Gasteiger partial charge in [0.1, 0.15) is 18.3 Å². The van der Waals surface area contributed by atoms with E-state index in [2.05, 4.69) is 0 Å². The lowest BCUT2D eigenvalue weighted by Gasteiger charge is -2.40. The highest BCUT2D eigenvalue weighted by Crippen LogP contribution is 2.34. The van der Waals surface area contributed by atoms with E-state index in [0.717, 1.165) is 12.2 Å². The fourth-order valence-electron chi connectivity index (χ4n) is 4.25. The highest BCUT2D eigenvalue weighted by atomic mass is 16.6. The van der Waals surface area contributed by atoms with Crippen molar-refractivity contribution in [3.8, 4) is 23.0 Å². The molecular weight excluding hydrogens is 540 g/mol. The summed E-state index contributed by atoms with van der Waals surface area (Å²) >= 11 is 0. The number of ether oxygens (including phenoxy) is 6. The molecule has 0 aliphatic heterocycles. The molecule has 3 rings (SSSR count). The molecule has 0 heterocycles. The summed E-state index contributed by atoms with van der Waals surface area (Å²) in [6.07, 6.45) is -0.848. The zero-order valence-electron chi connectivity index (χ0n) is 22.9. The Kier molecular flexibility index (Phi) is 10.3. The van der Waals surface area contributed by atoms with Gasteiger partial charge in [-0.05, 0) is 47.5 Å². The SMILES string of the molecule is COc1ccc(/C=C/C(=O)O[C@@H]2CC(O)(C(=O)O)C[C@@H](OC(=O)/C=C/c3ccc(OC)c(OC)c3)C2O)cc1OC. The van der Waals surface area contributed by atoms with Gasteiger partial charge in [0.25, 0.3) is 0 Å². The van der Waals surface area contributed by atoms with Gasteiger partial charge < -0.3 is 43.7 Å². The van der Waals surface area contributed by atoms with Gasteiger partial charge in [0.2, 0.25) is 0 Å². The van der Waals surface area contributed by atoms with Crippen LogP contribution in [0.4, 0.5) is 0 Å². The van der Waals surface area contributed by atoms with Crippen LogP contribution in [0.1, 0.15) is 24.0 Å². The minimum atomic E-state index is -2.42. The summed E-state index contributed by atoms with van der Waals surface area (Å²) in [5.41, 5.74) is -1.28. The van der Waals surface area contributed by atoms with Gasteiger partial charge in [0, 0.05) is 25.0 Å². The van der Waals surface area contributed by atoms with Crippen molar-refractivity contribution in [2.45, 2.75) is 36.8 Å². The number of hydrogen-bond donors (Lipinski definition) is 3. The Morgan fingerprint density at radius 1 is 0.732 bits per heavy atom. The Balaban J connectivity index is 1.71. The van der Waals surface area contributed by atoms with Gasteiger partial charge in [-0.15, -0.1) is 0 Å². The maximum atomic E-state index is 12.5. The molecular formula is C29H32O12. The number of benzene rings is 2. The zero-order chi connectivity index (χ0) is 30.2. The van der Waals surface area contributed by atoms with Crippen LogP contribution in [0, 0.1) is 0 Å². The number of carboxylic acids is 1. The molecule has 12 nitrogen and oxygen atoms in total. The first kappa shape index (κ1) is 31.0. The second-order valence-electron chi connectivity index (χ2n) is 9.08. The number of rotatable bonds is 11. The minimum absolute atomic E-state index is 0.432. The van der Waals surface area contributed by atoms with Crippen molar-refractivity contribution < 1.29 is 58.1 Å². The molecule has 0 bridgehead atoms. The molecule has 1 fully saturated rings. The first-order valence-corrected chi connectivity index (χ1v) is 12.4. The van der Waals surface area contributed by atoms with Crippen LogP contribution >= 0.6 is 0 Å². The number of aliphatic hydroxyl groups excluding tert-OH is 1. The molecule has 3 N–H and O–H groups in total. The predicted octanol–water partition coefficient (Wildman–Crippen LogP) is 2.24.